The van der Waals surface area contributed by atoms with Crippen LogP contribution >= 0.6 is 0 Å². The van der Waals surface area contributed by atoms with E-state index in [-0.39, 0.29) is 11.9 Å². The van der Waals surface area contributed by atoms with Crippen molar-refractivity contribution in [2.45, 2.75) is 32.7 Å². The van der Waals surface area contributed by atoms with Gasteiger partial charge in [-0.05, 0) is 20.4 Å². The molecule has 0 aromatic heterocycles. The van der Waals surface area contributed by atoms with Crippen molar-refractivity contribution in [3.63, 3.8) is 0 Å². The van der Waals surface area contributed by atoms with Gasteiger partial charge < -0.3 is 10.6 Å². The molecule has 1 atom stereocenters. The third-order valence-corrected chi connectivity index (χ3v) is 1.59. The van der Waals surface area contributed by atoms with Crippen LogP contribution in [0.3, 0.4) is 0 Å². The molecule has 0 bridgehead atoms. The molecule has 0 rings (SSSR count). The molecule has 3 heteroatoms. The molecule has 66 valence electrons. The Kier molecular flexibility index (Phi) is 5.84. The van der Waals surface area contributed by atoms with E-state index in [2.05, 4.69) is 17.6 Å². The van der Waals surface area contributed by atoms with Gasteiger partial charge in [-0.15, -0.1) is 0 Å². The van der Waals surface area contributed by atoms with Gasteiger partial charge in [0.1, 0.15) is 0 Å². The molecule has 2 N–H and O–H groups in total. The van der Waals surface area contributed by atoms with Gasteiger partial charge >= 0.3 is 0 Å². The van der Waals surface area contributed by atoms with Crippen LogP contribution in [0, 0.1) is 0 Å². The van der Waals surface area contributed by atoms with E-state index in [9.17, 15) is 4.79 Å². The molecular formula is C8H18N2O. The minimum atomic E-state index is -0.0139. The summed E-state index contributed by atoms with van der Waals surface area (Å²) in [6.45, 7) is 4.71. The molecule has 0 fully saturated rings. The predicted molar refractivity (Wildman–Crippen MR) is 46.4 cm³/mol. The van der Waals surface area contributed by atoms with Crippen LogP contribution in [0.1, 0.15) is 26.7 Å². The van der Waals surface area contributed by atoms with Crippen molar-refractivity contribution in [3.05, 3.63) is 0 Å². The molecule has 0 heterocycles. The fourth-order valence-electron chi connectivity index (χ4n) is 0.993. The van der Waals surface area contributed by atoms with E-state index in [4.69, 9.17) is 0 Å². The molecule has 0 unspecified atom stereocenters. The first kappa shape index (κ1) is 10.4. The van der Waals surface area contributed by atoms with E-state index >= 15 is 0 Å². The number of hydrogen-bond donors (Lipinski definition) is 2. The van der Waals surface area contributed by atoms with E-state index < -0.39 is 0 Å². The summed E-state index contributed by atoms with van der Waals surface area (Å²) in [7, 11) is 1.82. The summed E-state index contributed by atoms with van der Waals surface area (Å²) in [6.07, 6.45) is 1.94. The molecule has 0 aromatic rings. The summed E-state index contributed by atoms with van der Waals surface area (Å²) in [5.74, 6) is 0.108. The predicted octanol–water partition coefficient (Wildman–Crippen LogP) is 0.511. The van der Waals surface area contributed by atoms with Gasteiger partial charge in [0.25, 0.3) is 0 Å². The molecule has 0 radical (unpaired) electrons. The van der Waals surface area contributed by atoms with E-state index in [0.717, 1.165) is 12.8 Å². The van der Waals surface area contributed by atoms with Crippen LogP contribution in [0.2, 0.25) is 0 Å². The molecule has 11 heavy (non-hydrogen) atoms. The smallest absolute Gasteiger partial charge is 0.237 e. The Morgan fingerprint density at radius 2 is 2.09 bits per heavy atom. The fourth-order valence-corrected chi connectivity index (χ4v) is 0.993. The summed E-state index contributed by atoms with van der Waals surface area (Å²) in [5.41, 5.74) is 0. The van der Waals surface area contributed by atoms with E-state index in [1.807, 2.05) is 14.0 Å². The topological polar surface area (TPSA) is 41.1 Å². The standard InChI is InChI=1S/C8H18N2O/c1-4-6-7(9-3)8(11)10-5-2/h7,9H,4-6H2,1-3H3,(H,10,11)/t7-/m0/s1. The maximum Gasteiger partial charge on any atom is 0.237 e. The molecule has 1 amide bonds. The summed E-state index contributed by atoms with van der Waals surface area (Å²) >= 11 is 0. The van der Waals surface area contributed by atoms with Crippen LogP contribution in [-0.2, 0) is 4.79 Å². The van der Waals surface area contributed by atoms with Crippen molar-refractivity contribution < 1.29 is 4.79 Å². The second kappa shape index (κ2) is 6.16. The summed E-state index contributed by atoms with van der Waals surface area (Å²) in [5, 5.41) is 5.76. The second-order valence-electron chi connectivity index (χ2n) is 2.52. The highest BCUT2D eigenvalue weighted by molar-refractivity contribution is 5.81. The monoisotopic (exact) mass is 158 g/mol. The van der Waals surface area contributed by atoms with Gasteiger partial charge in [-0.2, -0.15) is 0 Å². The Labute approximate surface area is 68.6 Å². The van der Waals surface area contributed by atoms with Crippen LogP contribution in [0.15, 0.2) is 0 Å². The SMILES string of the molecule is CCC[C@H](NC)C(=O)NCC. The maximum absolute atomic E-state index is 11.2. The first-order chi connectivity index (χ1) is 5.26. The molecule has 0 aromatic carbocycles. The second-order valence-corrected chi connectivity index (χ2v) is 2.52. The zero-order valence-electron chi connectivity index (χ0n) is 7.61. The van der Waals surface area contributed by atoms with Crippen molar-refractivity contribution in [2.75, 3.05) is 13.6 Å². The summed E-state index contributed by atoms with van der Waals surface area (Å²) in [6, 6.07) is -0.0139. The highest BCUT2D eigenvalue weighted by atomic mass is 16.2. The quantitative estimate of drug-likeness (QED) is 0.612. The molecule has 0 aliphatic rings. The minimum Gasteiger partial charge on any atom is -0.355 e. The maximum atomic E-state index is 11.2. The Morgan fingerprint density at radius 3 is 2.45 bits per heavy atom. The van der Waals surface area contributed by atoms with Gasteiger partial charge in [-0.3, -0.25) is 4.79 Å². The number of likely N-dealkylation sites (N-methyl/N-ethyl adjacent to an activating group) is 2. The van der Waals surface area contributed by atoms with E-state index in [1.54, 1.807) is 0 Å². The molecule has 3 nitrogen and oxygen atoms in total. The van der Waals surface area contributed by atoms with Gasteiger partial charge in [0.15, 0.2) is 0 Å². The Hall–Kier alpha value is -0.570. The van der Waals surface area contributed by atoms with Crippen LogP contribution in [0.5, 0.6) is 0 Å². The van der Waals surface area contributed by atoms with Crippen molar-refractivity contribution in [1.82, 2.24) is 10.6 Å². The zero-order valence-corrected chi connectivity index (χ0v) is 7.61. The first-order valence-electron chi connectivity index (χ1n) is 4.21. The third kappa shape index (κ3) is 3.98. The van der Waals surface area contributed by atoms with Crippen LogP contribution in [0.4, 0.5) is 0 Å². The molecule has 0 spiro atoms. The number of rotatable bonds is 5. The molecule has 0 aliphatic carbocycles. The van der Waals surface area contributed by atoms with E-state index in [0.29, 0.717) is 6.54 Å². The highest BCUT2D eigenvalue weighted by Crippen LogP contribution is 1.94. The third-order valence-electron chi connectivity index (χ3n) is 1.59. The van der Waals surface area contributed by atoms with Crippen molar-refractivity contribution in [3.8, 4) is 0 Å². The lowest BCUT2D eigenvalue weighted by Gasteiger charge is -2.13. The van der Waals surface area contributed by atoms with Crippen molar-refractivity contribution in [2.24, 2.45) is 0 Å². The normalized spacial score (nSPS) is 12.6. The van der Waals surface area contributed by atoms with Gasteiger partial charge in [-0.25, -0.2) is 0 Å². The van der Waals surface area contributed by atoms with Gasteiger partial charge in [0.2, 0.25) is 5.91 Å². The molecular weight excluding hydrogens is 140 g/mol. The average molecular weight is 158 g/mol. The molecule has 0 saturated carbocycles. The Bertz CT molecular complexity index is 115. The van der Waals surface area contributed by atoms with E-state index in [1.165, 1.54) is 0 Å². The molecule has 0 saturated heterocycles. The van der Waals surface area contributed by atoms with Gasteiger partial charge in [-0.1, -0.05) is 13.3 Å². The minimum absolute atomic E-state index is 0.0139. The Balaban J connectivity index is 3.71. The number of hydrogen-bond acceptors (Lipinski definition) is 2. The zero-order chi connectivity index (χ0) is 8.69. The van der Waals surface area contributed by atoms with Gasteiger partial charge in [0.05, 0.1) is 6.04 Å². The largest absolute Gasteiger partial charge is 0.355 e. The van der Waals surface area contributed by atoms with Crippen LogP contribution in [-0.4, -0.2) is 25.5 Å². The fraction of sp³-hybridized carbons (Fsp3) is 0.875. The summed E-state index contributed by atoms with van der Waals surface area (Å²) < 4.78 is 0. The number of nitrogens with one attached hydrogen (secondary N) is 2. The van der Waals surface area contributed by atoms with Crippen LogP contribution in [0.25, 0.3) is 0 Å². The van der Waals surface area contributed by atoms with Crippen LogP contribution < -0.4 is 10.6 Å². The first-order valence-corrected chi connectivity index (χ1v) is 4.21. The number of carbonyl (C=O) groups is 1. The highest BCUT2D eigenvalue weighted by Gasteiger charge is 2.12. The van der Waals surface area contributed by atoms with Crippen molar-refractivity contribution in [1.29, 1.82) is 0 Å². The van der Waals surface area contributed by atoms with Crippen molar-refractivity contribution >= 4 is 5.91 Å². The lowest BCUT2D eigenvalue weighted by Crippen LogP contribution is -2.42. The number of amides is 1. The van der Waals surface area contributed by atoms with Gasteiger partial charge in [0, 0.05) is 6.54 Å². The molecule has 0 aliphatic heterocycles. The number of carbonyl (C=O) groups excluding carboxylic acids is 1. The Morgan fingerprint density at radius 1 is 1.45 bits per heavy atom. The lowest BCUT2D eigenvalue weighted by atomic mass is 10.1. The summed E-state index contributed by atoms with van der Waals surface area (Å²) in [4.78, 5) is 11.2. The average Bonchev–Trinajstić information content (AvgIpc) is 2.00. The lowest BCUT2D eigenvalue weighted by molar-refractivity contribution is -0.123.